The van der Waals surface area contributed by atoms with E-state index in [1.54, 1.807) is 24.4 Å². The number of ether oxygens (including phenoxy) is 2. The second-order valence-corrected chi connectivity index (χ2v) is 11.6. The maximum atomic E-state index is 11.6. The molecule has 1 aromatic heterocycles. The van der Waals surface area contributed by atoms with E-state index in [0.29, 0.717) is 40.6 Å². The van der Waals surface area contributed by atoms with E-state index in [9.17, 15) is 4.79 Å². The van der Waals surface area contributed by atoms with Crippen LogP contribution in [-0.4, -0.2) is 53.8 Å². The first kappa shape index (κ1) is 30.8. The first-order chi connectivity index (χ1) is 20.9. The number of nitrogens with zero attached hydrogens (tertiary/aromatic N) is 3. The van der Waals surface area contributed by atoms with Gasteiger partial charge >= 0.3 is 0 Å². The Morgan fingerprint density at radius 1 is 0.907 bits per heavy atom. The molecule has 3 aromatic carbocycles. The molecule has 0 saturated carbocycles. The molecule has 8 heteroatoms. The van der Waals surface area contributed by atoms with E-state index < -0.39 is 0 Å². The summed E-state index contributed by atoms with van der Waals surface area (Å²) in [5.41, 5.74) is 6.19. The minimum atomic E-state index is 0.341. The van der Waals surface area contributed by atoms with Crippen molar-refractivity contribution in [2.45, 2.75) is 27.0 Å². The number of rotatable bonds is 11. The normalized spacial score (nSPS) is 14.5. The average molecular weight is 617 g/mol. The summed E-state index contributed by atoms with van der Waals surface area (Å²) < 4.78 is 11.9. The molecule has 1 aliphatic rings. The molecule has 222 valence electrons. The Morgan fingerprint density at radius 2 is 1.65 bits per heavy atom. The number of aldehydes is 1. The summed E-state index contributed by atoms with van der Waals surface area (Å²) in [6, 6.07) is 23.7. The third-order valence-corrected chi connectivity index (χ3v) is 8.17. The summed E-state index contributed by atoms with van der Waals surface area (Å²) in [5, 5.41) is 1.11. The summed E-state index contributed by atoms with van der Waals surface area (Å²) in [6.45, 7) is 9.83. The Kier molecular flexibility index (Phi) is 10.5. The van der Waals surface area contributed by atoms with E-state index >= 15 is 0 Å². The van der Waals surface area contributed by atoms with Crippen molar-refractivity contribution >= 4 is 35.1 Å². The smallest absolute Gasteiger partial charge is 0.219 e. The van der Waals surface area contributed by atoms with Crippen LogP contribution in [0.25, 0.3) is 5.57 Å². The Hall–Kier alpha value is -3.68. The average Bonchev–Trinajstić information content (AvgIpc) is 3.01. The molecule has 6 nitrogen and oxygen atoms in total. The van der Waals surface area contributed by atoms with Gasteiger partial charge in [0, 0.05) is 55.9 Å². The van der Waals surface area contributed by atoms with Crippen molar-refractivity contribution in [1.82, 2.24) is 14.8 Å². The molecular weight excluding hydrogens is 581 g/mol. The standard InChI is InChI=1S/C35H35Cl2N3O3/c1-25-7-9-27(10-8-25)22-39-14-16-40(17-15-39)23-28(13-18-41)30-19-26(2)35(33(37)20-30)43-34-12-11-31(21-38-34)42-24-29-5-3-4-6-32(29)36/h3-13,18-21H,14-17,22-24H2,1-2H3/b28-13-. The lowest BCUT2D eigenvalue weighted by Gasteiger charge is -2.35. The third kappa shape index (κ3) is 8.46. The minimum absolute atomic E-state index is 0.341. The highest BCUT2D eigenvalue weighted by atomic mass is 35.5. The van der Waals surface area contributed by atoms with Gasteiger partial charge in [-0.15, -0.1) is 0 Å². The molecule has 1 saturated heterocycles. The molecule has 0 bridgehead atoms. The van der Waals surface area contributed by atoms with Crippen molar-refractivity contribution in [2.24, 2.45) is 0 Å². The van der Waals surface area contributed by atoms with Gasteiger partial charge in [-0.1, -0.05) is 71.2 Å². The predicted molar refractivity (Wildman–Crippen MR) is 173 cm³/mol. The Morgan fingerprint density at radius 3 is 2.33 bits per heavy atom. The zero-order chi connectivity index (χ0) is 30.2. The number of hydrogen-bond donors (Lipinski definition) is 0. The molecule has 0 aliphatic carbocycles. The highest BCUT2D eigenvalue weighted by molar-refractivity contribution is 6.32. The summed E-state index contributed by atoms with van der Waals surface area (Å²) in [7, 11) is 0. The molecule has 0 unspecified atom stereocenters. The SMILES string of the molecule is Cc1ccc(CN2CCN(C/C(=C/C=O)c3cc(C)c(Oc4ccc(OCc5ccccc5Cl)cn4)c(Cl)c3)CC2)cc1. The fourth-order valence-corrected chi connectivity index (χ4v) is 5.56. The molecule has 0 amide bonds. The molecule has 1 fully saturated rings. The highest BCUT2D eigenvalue weighted by Crippen LogP contribution is 2.35. The molecular formula is C35H35Cl2N3O3. The quantitative estimate of drug-likeness (QED) is 0.127. The van der Waals surface area contributed by atoms with E-state index in [2.05, 4.69) is 46.0 Å². The monoisotopic (exact) mass is 615 g/mol. The predicted octanol–water partition coefficient (Wildman–Crippen LogP) is 7.78. The number of halogens is 2. The maximum Gasteiger partial charge on any atom is 0.219 e. The Balaban J connectivity index is 1.18. The number of allylic oxidation sites excluding steroid dienone is 1. The number of piperazine rings is 1. The number of carbonyl (C=O) groups excluding carboxylic acids is 1. The zero-order valence-corrected chi connectivity index (χ0v) is 25.9. The topological polar surface area (TPSA) is 54.9 Å². The van der Waals surface area contributed by atoms with Crippen LogP contribution in [0.1, 0.15) is 27.8 Å². The van der Waals surface area contributed by atoms with Crippen LogP contribution >= 0.6 is 23.2 Å². The summed E-state index contributed by atoms with van der Waals surface area (Å²) in [4.78, 5) is 20.8. The van der Waals surface area contributed by atoms with E-state index in [1.807, 2.05) is 43.3 Å². The van der Waals surface area contributed by atoms with Crippen molar-refractivity contribution in [3.63, 3.8) is 0 Å². The van der Waals surface area contributed by atoms with Gasteiger partial charge in [0.15, 0.2) is 5.75 Å². The van der Waals surface area contributed by atoms with Gasteiger partial charge in [-0.3, -0.25) is 14.6 Å². The second kappa shape index (κ2) is 14.7. The number of benzene rings is 3. The third-order valence-electron chi connectivity index (χ3n) is 7.52. The van der Waals surface area contributed by atoms with Crippen molar-refractivity contribution in [3.8, 4) is 17.4 Å². The van der Waals surface area contributed by atoms with E-state index in [-0.39, 0.29) is 0 Å². The van der Waals surface area contributed by atoms with Crippen LogP contribution in [0.5, 0.6) is 17.4 Å². The number of aromatic nitrogens is 1. The number of aryl methyl sites for hydroxylation is 2. The Labute approximate surface area is 263 Å². The molecule has 0 atom stereocenters. The molecule has 4 aromatic rings. The van der Waals surface area contributed by atoms with Gasteiger partial charge in [0.1, 0.15) is 18.6 Å². The molecule has 0 radical (unpaired) electrons. The molecule has 5 rings (SSSR count). The molecule has 43 heavy (non-hydrogen) atoms. The fourth-order valence-electron chi connectivity index (χ4n) is 5.06. The van der Waals surface area contributed by atoms with Gasteiger partial charge in [0.05, 0.1) is 11.2 Å². The van der Waals surface area contributed by atoms with Gasteiger partial charge in [0.2, 0.25) is 5.88 Å². The fraction of sp³-hybridized carbons (Fsp3) is 0.257. The highest BCUT2D eigenvalue weighted by Gasteiger charge is 2.20. The van der Waals surface area contributed by atoms with E-state index in [0.717, 1.165) is 61.3 Å². The lowest BCUT2D eigenvalue weighted by atomic mass is 10.0. The largest absolute Gasteiger partial charge is 0.487 e. The molecule has 0 N–H and O–H groups in total. The first-order valence-electron chi connectivity index (χ1n) is 14.3. The van der Waals surface area contributed by atoms with Gasteiger partial charge in [-0.25, -0.2) is 4.98 Å². The van der Waals surface area contributed by atoms with Crippen molar-refractivity contribution < 1.29 is 14.3 Å². The minimum Gasteiger partial charge on any atom is -0.487 e. The van der Waals surface area contributed by atoms with Gasteiger partial charge in [-0.2, -0.15) is 0 Å². The number of hydrogen-bond acceptors (Lipinski definition) is 6. The number of pyridine rings is 1. The van der Waals surface area contributed by atoms with Crippen LogP contribution in [0.4, 0.5) is 0 Å². The summed E-state index contributed by atoms with van der Waals surface area (Å²) in [6.07, 6.45) is 4.08. The summed E-state index contributed by atoms with van der Waals surface area (Å²) >= 11 is 12.9. The van der Waals surface area contributed by atoms with E-state index in [4.69, 9.17) is 32.7 Å². The lowest BCUT2D eigenvalue weighted by molar-refractivity contribution is -0.104. The van der Waals surface area contributed by atoms with Crippen LogP contribution in [0, 0.1) is 13.8 Å². The first-order valence-corrected chi connectivity index (χ1v) is 15.1. The zero-order valence-electron chi connectivity index (χ0n) is 24.4. The van der Waals surface area contributed by atoms with Crippen molar-refractivity contribution in [3.05, 3.63) is 123 Å². The molecule has 1 aliphatic heterocycles. The Bertz CT molecular complexity index is 1540. The van der Waals surface area contributed by atoms with Crippen LogP contribution in [0.3, 0.4) is 0 Å². The van der Waals surface area contributed by atoms with Crippen LogP contribution in [0.15, 0.2) is 85.1 Å². The van der Waals surface area contributed by atoms with Gasteiger partial charge < -0.3 is 9.47 Å². The molecule has 0 spiro atoms. The second-order valence-electron chi connectivity index (χ2n) is 10.8. The van der Waals surface area contributed by atoms with Crippen LogP contribution in [0.2, 0.25) is 10.0 Å². The van der Waals surface area contributed by atoms with Crippen molar-refractivity contribution in [2.75, 3.05) is 32.7 Å². The van der Waals surface area contributed by atoms with Crippen LogP contribution < -0.4 is 9.47 Å². The van der Waals surface area contributed by atoms with Crippen molar-refractivity contribution in [1.29, 1.82) is 0 Å². The van der Waals surface area contributed by atoms with Gasteiger partial charge in [0.25, 0.3) is 0 Å². The lowest BCUT2D eigenvalue weighted by Crippen LogP contribution is -2.46. The van der Waals surface area contributed by atoms with Crippen LogP contribution in [-0.2, 0) is 17.9 Å². The number of carbonyl (C=O) groups is 1. The maximum absolute atomic E-state index is 11.6. The van der Waals surface area contributed by atoms with Gasteiger partial charge in [-0.05, 0) is 66.5 Å². The summed E-state index contributed by atoms with van der Waals surface area (Å²) in [5.74, 6) is 1.53. The van der Waals surface area contributed by atoms with E-state index in [1.165, 1.54) is 11.1 Å². The molecule has 2 heterocycles.